The molecular weight excluding hydrogens is 400 g/mol. The smallest absolute Gasteiger partial charge is 0.244 e. The van der Waals surface area contributed by atoms with E-state index >= 15 is 0 Å². The fraction of sp³-hybridized carbons (Fsp3) is 0.368. The highest BCUT2D eigenvalue weighted by atomic mass is 35.5. The molecule has 4 rings (SSSR count). The highest BCUT2D eigenvalue weighted by Crippen LogP contribution is 2.27. The Morgan fingerprint density at radius 1 is 1.00 bits per heavy atom. The van der Waals surface area contributed by atoms with Crippen LogP contribution in [0.25, 0.3) is 0 Å². The van der Waals surface area contributed by atoms with Gasteiger partial charge in [-0.3, -0.25) is 4.79 Å². The van der Waals surface area contributed by atoms with Crippen molar-refractivity contribution < 1.29 is 13.2 Å². The van der Waals surface area contributed by atoms with Crippen LogP contribution in [0.1, 0.15) is 0 Å². The van der Waals surface area contributed by atoms with Gasteiger partial charge in [0.05, 0.1) is 5.92 Å². The Hall–Kier alpha value is -2.16. The van der Waals surface area contributed by atoms with E-state index in [4.69, 9.17) is 11.6 Å². The molecule has 2 saturated heterocycles. The first-order valence-corrected chi connectivity index (χ1v) is 11.0. The number of benzene rings is 1. The van der Waals surface area contributed by atoms with Gasteiger partial charge >= 0.3 is 0 Å². The van der Waals surface area contributed by atoms with E-state index in [-0.39, 0.29) is 35.0 Å². The van der Waals surface area contributed by atoms with E-state index in [2.05, 4.69) is 22.0 Å². The molecule has 2 aliphatic heterocycles. The van der Waals surface area contributed by atoms with Crippen molar-refractivity contribution in [1.29, 1.82) is 0 Å². The standard InChI is InChI=1S/C19H21ClN4O3S/c20-18-7-6-17(12-21-18)28(26,27)24-13-15(14-24)19(25)23-10-8-22(9-11-23)16-4-2-1-3-5-16/h1-7,12,15H,8-11,13-14H2. The SMILES string of the molecule is O=C(C1CN(S(=O)(=O)c2ccc(Cl)nc2)C1)N1CCN(c2ccccc2)CC1. The average Bonchev–Trinajstić information content (AvgIpc) is 2.68. The Bertz CT molecular complexity index is 939. The quantitative estimate of drug-likeness (QED) is 0.704. The number of pyridine rings is 1. The number of carbonyl (C=O) groups excluding carboxylic acids is 1. The van der Waals surface area contributed by atoms with Crippen LogP contribution in [0.5, 0.6) is 0 Å². The lowest BCUT2D eigenvalue weighted by Crippen LogP contribution is -2.59. The number of sulfonamides is 1. The molecule has 3 heterocycles. The minimum Gasteiger partial charge on any atom is -0.368 e. The van der Waals surface area contributed by atoms with E-state index in [0.717, 1.165) is 18.8 Å². The van der Waals surface area contributed by atoms with Crippen molar-refractivity contribution in [3.8, 4) is 0 Å². The third-order valence-electron chi connectivity index (χ3n) is 5.25. The monoisotopic (exact) mass is 420 g/mol. The lowest BCUT2D eigenvalue weighted by atomic mass is 10.0. The lowest BCUT2D eigenvalue weighted by Gasteiger charge is -2.42. The maximum absolute atomic E-state index is 12.7. The Balaban J connectivity index is 1.31. The van der Waals surface area contributed by atoms with Crippen LogP contribution < -0.4 is 4.90 Å². The van der Waals surface area contributed by atoms with Gasteiger partial charge in [-0.2, -0.15) is 4.31 Å². The molecule has 0 aliphatic carbocycles. The molecule has 0 atom stereocenters. The van der Waals surface area contributed by atoms with E-state index in [0.29, 0.717) is 13.1 Å². The Kier molecular flexibility index (Phi) is 5.27. The number of rotatable bonds is 4. The molecule has 1 aromatic heterocycles. The number of para-hydroxylation sites is 1. The third-order valence-corrected chi connectivity index (χ3v) is 7.29. The van der Waals surface area contributed by atoms with Gasteiger partial charge in [0.1, 0.15) is 10.0 Å². The number of aromatic nitrogens is 1. The summed E-state index contributed by atoms with van der Waals surface area (Å²) >= 11 is 5.72. The predicted octanol–water partition coefficient (Wildman–Crippen LogP) is 1.70. The number of hydrogen-bond acceptors (Lipinski definition) is 5. The summed E-state index contributed by atoms with van der Waals surface area (Å²) in [5, 5.41) is 0.241. The van der Waals surface area contributed by atoms with Gasteiger partial charge in [-0.25, -0.2) is 13.4 Å². The average molecular weight is 421 g/mol. The second kappa shape index (κ2) is 7.69. The van der Waals surface area contributed by atoms with E-state index < -0.39 is 10.0 Å². The zero-order valence-corrected chi connectivity index (χ0v) is 16.8. The summed E-state index contributed by atoms with van der Waals surface area (Å²) in [4.78, 5) is 20.8. The number of piperazine rings is 1. The van der Waals surface area contributed by atoms with Crippen LogP contribution in [0.3, 0.4) is 0 Å². The van der Waals surface area contributed by atoms with Crippen LogP contribution in [-0.4, -0.2) is 67.8 Å². The lowest BCUT2D eigenvalue weighted by molar-refractivity contribution is -0.139. The molecule has 2 fully saturated rings. The molecule has 1 amide bonds. The van der Waals surface area contributed by atoms with E-state index in [1.807, 2.05) is 23.1 Å². The molecule has 2 aliphatic rings. The molecule has 2 aromatic rings. The summed E-state index contributed by atoms with van der Waals surface area (Å²) in [7, 11) is -3.63. The fourth-order valence-corrected chi connectivity index (χ4v) is 5.12. The second-order valence-corrected chi connectivity index (χ2v) is 9.31. The van der Waals surface area contributed by atoms with Gasteiger partial charge in [0.2, 0.25) is 15.9 Å². The molecule has 1 aromatic carbocycles. The summed E-state index contributed by atoms with van der Waals surface area (Å²) in [6.45, 7) is 3.28. The normalized spacial score (nSPS) is 18.8. The van der Waals surface area contributed by atoms with Crippen LogP contribution in [0.2, 0.25) is 5.15 Å². The predicted molar refractivity (Wildman–Crippen MR) is 107 cm³/mol. The van der Waals surface area contributed by atoms with Crippen molar-refractivity contribution in [3.63, 3.8) is 0 Å². The van der Waals surface area contributed by atoms with Crippen molar-refractivity contribution in [2.45, 2.75) is 4.90 Å². The van der Waals surface area contributed by atoms with Crippen LogP contribution in [0, 0.1) is 5.92 Å². The molecule has 0 N–H and O–H groups in total. The first kappa shape index (κ1) is 19.2. The van der Waals surface area contributed by atoms with Gasteiger partial charge in [0, 0.05) is 51.2 Å². The number of halogens is 1. The summed E-state index contributed by atoms with van der Waals surface area (Å²) in [5.74, 6) is -0.244. The number of hydrogen-bond donors (Lipinski definition) is 0. The summed E-state index contributed by atoms with van der Waals surface area (Å²) in [5.41, 5.74) is 1.16. The van der Waals surface area contributed by atoms with Crippen molar-refractivity contribution in [3.05, 3.63) is 53.8 Å². The Morgan fingerprint density at radius 3 is 2.29 bits per heavy atom. The summed E-state index contributed by atoms with van der Waals surface area (Å²) in [6, 6.07) is 13.0. The third kappa shape index (κ3) is 3.72. The molecule has 148 valence electrons. The zero-order valence-electron chi connectivity index (χ0n) is 15.2. The molecule has 0 saturated carbocycles. The first-order valence-electron chi connectivity index (χ1n) is 9.15. The van der Waals surface area contributed by atoms with Crippen molar-refractivity contribution in [1.82, 2.24) is 14.2 Å². The molecule has 28 heavy (non-hydrogen) atoms. The van der Waals surface area contributed by atoms with Gasteiger partial charge in [-0.15, -0.1) is 0 Å². The number of nitrogens with zero attached hydrogens (tertiary/aromatic N) is 4. The van der Waals surface area contributed by atoms with Gasteiger partial charge in [-0.05, 0) is 24.3 Å². The fourth-order valence-electron chi connectivity index (χ4n) is 3.54. The highest BCUT2D eigenvalue weighted by molar-refractivity contribution is 7.89. The van der Waals surface area contributed by atoms with E-state index in [1.54, 1.807) is 0 Å². The Labute approximate surface area is 169 Å². The summed E-state index contributed by atoms with van der Waals surface area (Å²) < 4.78 is 26.5. The second-order valence-electron chi connectivity index (χ2n) is 6.98. The van der Waals surface area contributed by atoms with Crippen LogP contribution in [0.15, 0.2) is 53.6 Å². The largest absolute Gasteiger partial charge is 0.368 e. The highest BCUT2D eigenvalue weighted by Gasteiger charge is 2.42. The Morgan fingerprint density at radius 2 is 1.68 bits per heavy atom. The molecular formula is C19H21ClN4O3S. The molecule has 0 bridgehead atoms. The van der Waals surface area contributed by atoms with Gasteiger partial charge in [-0.1, -0.05) is 29.8 Å². The maximum Gasteiger partial charge on any atom is 0.244 e. The van der Waals surface area contributed by atoms with Crippen LogP contribution >= 0.6 is 11.6 Å². The van der Waals surface area contributed by atoms with Crippen molar-refractivity contribution in [2.24, 2.45) is 5.92 Å². The maximum atomic E-state index is 12.7. The minimum atomic E-state index is -3.63. The summed E-state index contributed by atoms with van der Waals surface area (Å²) in [6.07, 6.45) is 1.25. The van der Waals surface area contributed by atoms with Crippen LogP contribution in [-0.2, 0) is 14.8 Å². The van der Waals surface area contributed by atoms with Gasteiger partial charge < -0.3 is 9.80 Å². The van der Waals surface area contributed by atoms with Gasteiger partial charge in [0.25, 0.3) is 0 Å². The first-order chi connectivity index (χ1) is 13.4. The minimum absolute atomic E-state index is 0.0355. The molecule has 9 heteroatoms. The number of amides is 1. The van der Waals surface area contributed by atoms with Crippen LogP contribution in [0.4, 0.5) is 5.69 Å². The number of anilines is 1. The van der Waals surface area contributed by atoms with E-state index in [1.165, 1.54) is 22.6 Å². The van der Waals surface area contributed by atoms with E-state index in [9.17, 15) is 13.2 Å². The number of carbonyl (C=O) groups is 1. The zero-order chi connectivity index (χ0) is 19.7. The van der Waals surface area contributed by atoms with Crippen molar-refractivity contribution in [2.75, 3.05) is 44.2 Å². The molecule has 0 radical (unpaired) electrons. The van der Waals surface area contributed by atoms with Crippen molar-refractivity contribution >= 4 is 33.2 Å². The molecule has 7 nitrogen and oxygen atoms in total. The van der Waals surface area contributed by atoms with Gasteiger partial charge in [0.15, 0.2) is 0 Å². The molecule has 0 spiro atoms. The topological polar surface area (TPSA) is 73.8 Å². The molecule has 0 unspecified atom stereocenters.